The summed E-state index contributed by atoms with van der Waals surface area (Å²) in [7, 11) is 0. The molecule has 1 N–H and O–H groups in total. The van der Waals surface area contributed by atoms with E-state index < -0.39 is 0 Å². The van der Waals surface area contributed by atoms with Gasteiger partial charge in [-0.15, -0.1) is 0 Å². The third kappa shape index (κ3) is 2.16. The number of fused-ring (bicyclic) bond motifs is 3. The van der Waals surface area contributed by atoms with E-state index in [1.54, 1.807) is 0 Å². The van der Waals surface area contributed by atoms with E-state index in [9.17, 15) is 0 Å². The molecule has 0 aromatic heterocycles. The van der Waals surface area contributed by atoms with Crippen LogP contribution in [0, 0.1) is 11.3 Å². The number of allylic oxidation sites excluding steroid dienone is 1. The molecular weight excluding hydrogens is 290 g/mol. The maximum atomic E-state index is 6.03. The molecule has 2 aliphatic heterocycles. The quantitative estimate of drug-likeness (QED) is 0.673. The van der Waals surface area contributed by atoms with Gasteiger partial charge in [0.1, 0.15) is 5.60 Å². The summed E-state index contributed by atoms with van der Waals surface area (Å²) in [5, 5.41) is 3.18. The Bertz CT molecular complexity index is 670. The number of ether oxygens (including phenoxy) is 3. The summed E-state index contributed by atoms with van der Waals surface area (Å²) in [6.45, 7) is 10.6. The highest BCUT2D eigenvalue weighted by Gasteiger charge is 2.74. The van der Waals surface area contributed by atoms with Crippen LogP contribution in [0.15, 0.2) is 54.6 Å². The van der Waals surface area contributed by atoms with Gasteiger partial charge in [0.15, 0.2) is 5.88 Å². The van der Waals surface area contributed by atoms with E-state index in [0.29, 0.717) is 12.0 Å². The maximum absolute atomic E-state index is 6.03. The second-order valence-corrected chi connectivity index (χ2v) is 7.23. The number of benzene rings is 1. The van der Waals surface area contributed by atoms with Crippen molar-refractivity contribution < 1.29 is 14.2 Å². The van der Waals surface area contributed by atoms with Crippen LogP contribution >= 0.6 is 0 Å². The molecule has 2 heterocycles. The van der Waals surface area contributed by atoms with Crippen molar-refractivity contribution in [3.05, 3.63) is 54.6 Å². The Morgan fingerprint density at radius 3 is 2.78 bits per heavy atom. The van der Waals surface area contributed by atoms with Gasteiger partial charge in [-0.25, -0.2) is 0 Å². The number of hydrogen-bond acceptors (Lipinski definition) is 4. The lowest BCUT2D eigenvalue weighted by Crippen LogP contribution is -2.46. The van der Waals surface area contributed by atoms with Crippen molar-refractivity contribution in [3.63, 3.8) is 0 Å². The van der Waals surface area contributed by atoms with Crippen LogP contribution in [0.1, 0.15) is 27.2 Å². The van der Waals surface area contributed by atoms with E-state index in [-0.39, 0.29) is 23.2 Å². The third-order valence-corrected chi connectivity index (χ3v) is 5.76. The van der Waals surface area contributed by atoms with Crippen LogP contribution in [-0.2, 0) is 14.2 Å². The van der Waals surface area contributed by atoms with Crippen molar-refractivity contribution in [2.45, 2.75) is 45.2 Å². The van der Waals surface area contributed by atoms with Gasteiger partial charge in [0.2, 0.25) is 6.29 Å². The molecule has 1 aromatic carbocycles. The molecular formula is C19H23NO3. The normalized spacial score (nSPS) is 40.3. The van der Waals surface area contributed by atoms with Gasteiger partial charge in [-0.05, 0) is 44.6 Å². The van der Waals surface area contributed by atoms with Crippen LogP contribution in [0.5, 0.6) is 0 Å². The van der Waals surface area contributed by atoms with Gasteiger partial charge in [0.05, 0.1) is 18.3 Å². The number of para-hydroxylation sites is 1. The van der Waals surface area contributed by atoms with Gasteiger partial charge in [-0.2, -0.15) is 0 Å². The molecule has 4 heteroatoms. The zero-order valence-electron chi connectivity index (χ0n) is 13.8. The molecule has 0 amide bonds. The van der Waals surface area contributed by atoms with Gasteiger partial charge < -0.3 is 19.5 Å². The predicted molar refractivity (Wildman–Crippen MR) is 88.4 cm³/mol. The highest BCUT2D eigenvalue weighted by Crippen LogP contribution is 2.66. The third-order valence-electron chi connectivity index (χ3n) is 5.76. The molecule has 122 valence electrons. The van der Waals surface area contributed by atoms with Crippen LogP contribution < -0.4 is 5.32 Å². The Balaban J connectivity index is 1.52. The van der Waals surface area contributed by atoms with Gasteiger partial charge in [0, 0.05) is 11.1 Å². The lowest BCUT2D eigenvalue weighted by atomic mass is 9.70. The van der Waals surface area contributed by atoms with Crippen molar-refractivity contribution in [2.24, 2.45) is 11.3 Å². The molecule has 1 aromatic rings. The summed E-state index contributed by atoms with van der Waals surface area (Å²) in [5.74, 6) is 0.656. The molecule has 23 heavy (non-hydrogen) atoms. The molecule has 5 atom stereocenters. The SMILES string of the molecule is C=C(Nc1ccccc1)O[C@@H]1OC=C(C)[C@@]2(C)C[C@@H]3O[C@]3(C)[C@@H]12. The first kappa shape index (κ1) is 14.6. The molecule has 1 saturated heterocycles. The van der Waals surface area contributed by atoms with Crippen LogP contribution in [0.25, 0.3) is 0 Å². The zero-order valence-corrected chi connectivity index (χ0v) is 13.8. The molecule has 4 rings (SSSR count). The van der Waals surface area contributed by atoms with Crippen molar-refractivity contribution in [2.75, 3.05) is 5.32 Å². The lowest BCUT2D eigenvalue weighted by Gasteiger charge is -2.43. The summed E-state index contributed by atoms with van der Waals surface area (Å²) in [5.41, 5.74) is 2.12. The fourth-order valence-electron chi connectivity index (χ4n) is 4.24. The van der Waals surface area contributed by atoms with E-state index >= 15 is 0 Å². The molecule has 3 aliphatic rings. The fourth-order valence-corrected chi connectivity index (χ4v) is 4.24. The Morgan fingerprint density at radius 1 is 1.30 bits per heavy atom. The minimum absolute atomic E-state index is 0.0631. The monoisotopic (exact) mass is 313 g/mol. The minimum atomic E-state index is -0.384. The highest BCUT2D eigenvalue weighted by molar-refractivity contribution is 5.46. The molecule has 0 spiro atoms. The van der Waals surface area contributed by atoms with Crippen molar-refractivity contribution in [1.82, 2.24) is 0 Å². The van der Waals surface area contributed by atoms with E-state index in [1.807, 2.05) is 36.6 Å². The Kier molecular flexibility index (Phi) is 3.04. The van der Waals surface area contributed by atoms with E-state index in [1.165, 1.54) is 5.57 Å². The smallest absolute Gasteiger partial charge is 0.248 e. The molecule has 0 unspecified atom stereocenters. The molecule has 4 nitrogen and oxygen atoms in total. The average Bonchev–Trinajstić information content (AvgIpc) is 3.06. The summed E-state index contributed by atoms with van der Waals surface area (Å²) >= 11 is 0. The number of rotatable bonds is 4. The van der Waals surface area contributed by atoms with E-state index in [0.717, 1.165) is 12.1 Å². The van der Waals surface area contributed by atoms with Gasteiger partial charge >= 0.3 is 0 Å². The molecule has 2 fully saturated rings. The summed E-state index contributed by atoms with van der Waals surface area (Å²) in [6.07, 6.45) is 2.79. The summed E-state index contributed by atoms with van der Waals surface area (Å²) in [4.78, 5) is 0. The van der Waals surface area contributed by atoms with Crippen molar-refractivity contribution in [1.29, 1.82) is 0 Å². The van der Waals surface area contributed by atoms with E-state index in [4.69, 9.17) is 14.2 Å². The van der Waals surface area contributed by atoms with E-state index in [2.05, 4.69) is 32.7 Å². The first-order valence-electron chi connectivity index (χ1n) is 8.12. The van der Waals surface area contributed by atoms with Crippen molar-refractivity contribution >= 4 is 5.69 Å². The minimum Gasteiger partial charge on any atom is -0.462 e. The second-order valence-electron chi connectivity index (χ2n) is 7.23. The number of epoxide rings is 1. The molecule has 1 aliphatic carbocycles. The van der Waals surface area contributed by atoms with Gasteiger partial charge in [-0.3, -0.25) is 0 Å². The number of anilines is 1. The largest absolute Gasteiger partial charge is 0.462 e. The average molecular weight is 313 g/mol. The maximum Gasteiger partial charge on any atom is 0.248 e. The molecule has 1 saturated carbocycles. The summed E-state index contributed by atoms with van der Waals surface area (Å²) in [6, 6.07) is 9.86. The Labute approximate surface area is 137 Å². The Hall–Kier alpha value is -1.94. The fraction of sp³-hybridized carbons (Fsp3) is 0.474. The van der Waals surface area contributed by atoms with Gasteiger partial charge in [-0.1, -0.05) is 25.1 Å². The first-order chi connectivity index (χ1) is 10.9. The number of hydrogen-bond donors (Lipinski definition) is 1. The van der Waals surface area contributed by atoms with Crippen LogP contribution in [0.2, 0.25) is 0 Å². The van der Waals surface area contributed by atoms with Crippen LogP contribution in [0.3, 0.4) is 0 Å². The first-order valence-corrected chi connectivity index (χ1v) is 8.12. The predicted octanol–water partition coefficient (Wildman–Crippen LogP) is 4.03. The Morgan fingerprint density at radius 2 is 2.04 bits per heavy atom. The zero-order chi connectivity index (χ0) is 16.2. The topological polar surface area (TPSA) is 43.0 Å². The standard InChI is InChI=1S/C19H23NO3/c1-12-11-21-17(16-18(12,3)10-15-19(16,4)23-15)22-13(2)20-14-8-6-5-7-9-14/h5-9,11,15-17,20H,2,10H2,1,3-4H3/t15-,16-,17-,18+,19-/m0/s1. The molecule has 0 radical (unpaired) electrons. The summed E-state index contributed by atoms with van der Waals surface area (Å²) < 4.78 is 17.8. The lowest BCUT2D eigenvalue weighted by molar-refractivity contribution is -0.166. The van der Waals surface area contributed by atoms with Gasteiger partial charge in [0.25, 0.3) is 0 Å². The second kappa shape index (κ2) is 4.78. The number of nitrogens with one attached hydrogen (secondary N) is 1. The van der Waals surface area contributed by atoms with Crippen molar-refractivity contribution in [3.8, 4) is 0 Å². The molecule has 0 bridgehead atoms. The van der Waals surface area contributed by atoms with Crippen LogP contribution in [0.4, 0.5) is 5.69 Å². The highest BCUT2D eigenvalue weighted by atomic mass is 16.7. The van der Waals surface area contributed by atoms with Crippen LogP contribution in [-0.4, -0.2) is 18.0 Å².